The number of hydrogen-bond donors (Lipinski definition) is 2. The first-order valence-electron chi connectivity index (χ1n) is 4.49. The van der Waals surface area contributed by atoms with E-state index >= 15 is 0 Å². The lowest BCUT2D eigenvalue weighted by atomic mass is 10.1. The van der Waals surface area contributed by atoms with Gasteiger partial charge in [0, 0.05) is 6.54 Å². The predicted octanol–water partition coefficient (Wildman–Crippen LogP) is 1.22. The normalized spacial score (nSPS) is 15.7. The molecule has 2 N–H and O–H groups in total. The minimum absolute atomic E-state index is 0.407. The van der Waals surface area contributed by atoms with E-state index in [1.54, 1.807) is 12.1 Å². The third kappa shape index (κ3) is 2.03. The Morgan fingerprint density at radius 2 is 2.38 bits per heavy atom. The molecule has 5 nitrogen and oxygen atoms in total. The highest BCUT2D eigenvalue weighted by Gasteiger charge is 2.23. The van der Waals surface area contributed by atoms with Gasteiger partial charge in [-0.15, -0.1) is 4.83 Å². The van der Waals surface area contributed by atoms with E-state index in [4.69, 9.17) is 21.4 Å². The van der Waals surface area contributed by atoms with Crippen molar-refractivity contribution < 1.29 is 8.76 Å². The van der Waals surface area contributed by atoms with Crippen LogP contribution >= 0.6 is 11.6 Å². The molecule has 0 saturated heterocycles. The van der Waals surface area contributed by atoms with Gasteiger partial charge in [-0.05, 0) is 24.1 Å². The number of anilines is 1. The number of fused-ring (bicyclic) bond motifs is 1. The summed E-state index contributed by atoms with van der Waals surface area (Å²) in [6, 6.07) is 5.30. The maximum Gasteiger partial charge on any atom is 0.250 e. The van der Waals surface area contributed by atoms with Gasteiger partial charge in [0.15, 0.2) is 0 Å². The van der Waals surface area contributed by atoms with Gasteiger partial charge < -0.3 is 0 Å². The summed E-state index contributed by atoms with van der Waals surface area (Å²) in [5.74, 6) is 0. The SMILES string of the molecule is N#Cc1cc(Cl)c2c(c1)CCN2NS(=O)O. The average Bonchev–Trinajstić information content (AvgIpc) is 2.60. The Balaban J connectivity index is 2.40. The van der Waals surface area contributed by atoms with Crippen molar-refractivity contribution in [2.45, 2.75) is 6.42 Å². The quantitative estimate of drug-likeness (QED) is 0.781. The second-order valence-electron chi connectivity index (χ2n) is 3.32. The highest BCUT2D eigenvalue weighted by atomic mass is 35.5. The third-order valence-electron chi connectivity index (χ3n) is 2.33. The fourth-order valence-electron chi connectivity index (χ4n) is 1.74. The van der Waals surface area contributed by atoms with Crippen LogP contribution in [0, 0.1) is 11.3 Å². The maximum absolute atomic E-state index is 10.7. The summed E-state index contributed by atoms with van der Waals surface area (Å²) in [6.45, 7) is 0.552. The Bertz CT molecular complexity index is 500. The third-order valence-corrected chi connectivity index (χ3v) is 3.00. The van der Waals surface area contributed by atoms with E-state index in [0.717, 1.165) is 5.56 Å². The average molecular weight is 258 g/mol. The number of rotatable bonds is 2. The first kappa shape index (κ1) is 11.4. The first-order chi connectivity index (χ1) is 7.61. The van der Waals surface area contributed by atoms with Crippen molar-refractivity contribution in [2.24, 2.45) is 0 Å². The van der Waals surface area contributed by atoms with E-state index in [1.165, 1.54) is 5.01 Å². The van der Waals surface area contributed by atoms with Crippen molar-refractivity contribution in [3.05, 3.63) is 28.3 Å². The van der Waals surface area contributed by atoms with Crippen LogP contribution in [0.15, 0.2) is 12.1 Å². The van der Waals surface area contributed by atoms with Crippen LogP contribution in [0.2, 0.25) is 5.02 Å². The zero-order valence-electron chi connectivity index (χ0n) is 8.11. The van der Waals surface area contributed by atoms with Gasteiger partial charge in [-0.2, -0.15) is 5.26 Å². The summed E-state index contributed by atoms with van der Waals surface area (Å²) in [5.41, 5.74) is 2.07. The van der Waals surface area contributed by atoms with Crippen molar-refractivity contribution >= 4 is 28.6 Å². The molecule has 1 aliphatic rings. The molecule has 0 bridgehead atoms. The first-order valence-corrected chi connectivity index (χ1v) is 5.97. The zero-order chi connectivity index (χ0) is 11.7. The lowest BCUT2D eigenvalue weighted by molar-refractivity contribution is 0.545. The lowest BCUT2D eigenvalue weighted by Gasteiger charge is -2.18. The molecule has 1 heterocycles. The van der Waals surface area contributed by atoms with Gasteiger partial charge in [-0.3, -0.25) is 9.56 Å². The van der Waals surface area contributed by atoms with E-state index in [9.17, 15) is 4.21 Å². The van der Waals surface area contributed by atoms with Crippen LogP contribution in [-0.4, -0.2) is 15.3 Å². The topological polar surface area (TPSA) is 76.4 Å². The molecule has 0 radical (unpaired) electrons. The number of hydrazine groups is 1. The van der Waals surface area contributed by atoms with Gasteiger partial charge in [-0.1, -0.05) is 11.6 Å². The van der Waals surface area contributed by atoms with Crippen LogP contribution < -0.4 is 9.84 Å². The molecule has 7 heteroatoms. The fraction of sp³-hybridized carbons (Fsp3) is 0.222. The van der Waals surface area contributed by atoms with E-state index in [0.29, 0.717) is 29.2 Å². The highest BCUT2D eigenvalue weighted by molar-refractivity contribution is 7.77. The smallest absolute Gasteiger partial charge is 0.250 e. The standard InChI is InChI=1S/C9H8ClN3O2S/c10-8-4-6(5-11)3-7-1-2-13(9(7)8)12-16(14)15/h3-4,12H,1-2H2,(H,14,15). The molecule has 1 aromatic rings. The van der Waals surface area contributed by atoms with E-state index in [2.05, 4.69) is 4.83 Å². The summed E-state index contributed by atoms with van der Waals surface area (Å²) in [5, 5.41) is 10.7. The number of hydrogen-bond acceptors (Lipinski definition) is 3. The van der Waals surface area contributed by atoms with E-state index in [1.807, 2.05) is 6.07 Å². The molecule has 1 atom stereocenters. The van der Waals surface area contributed by atoms with Gasteiger partial charge >= 0.3 is 0 Å². The Morgan fingerprint density at radius 1 is 1.62 bits per heavy atom. The number of halogens is 1. The predicted molar refractivity (Wildman–Crippen MR) is 61.1 cm³/mol. The number of nitriles is 1. The number of benzene rings is 1. The van der Waals surface area contributed by atoms with Gasteiger partial charge in [0.2, 0.25) is 0 Å². The minimum atomic E-state index is -2.13. The molecule has 84 valence electrons. The van der Waals surface area contributed by atoms with Crippen LogP contribution in [0.3, 0.4) is 0 Å². The molecule has 0 aromatic heterocycles. The molecule has 0 aliphatic carbocycles. The number of nitrogens with one attached hydrogen (secondary N) is 1. The molecule has 0 saturated carbocycles. The molecular formula is C9H8ClN3O2S. The molecular weight excluding hydrogens is 250 g/mol. The van der Waals surface area contributed by atoms with Crippen molar-refractivity contribution in [3.63, 3.8) is 0 Å². The summed E-state index contributed by atoms with van der Waals surface area (Å²) in [4.78, 5) is 2.37. The summed E-state index contributed by atoms with van der Waals surface area (Å²) < 4.78 is 19.4. The summed E-state index contributed by atoms with van der Waals surface area (Å²) >= 11 is 3.89. The fourth-order valence-corrected chi connectivity index (χ4v) is 2.46. The Kier molecular flexibility index (Phi) is 3.12. The molecule has 1 aromatic carbocycles. The molecule has 0 spiro atoms. The molecule has 0 fully saturated rings. The Hall–Kier alpha value is -1.13. The number of nitrogens with zero attached hydrogens (tertiary/aromatic N) is 2. The second-order valence-corrected chi connectivity index (χ2v) is 4.41. The maximum atomic E-state index is 10.7. The molecule has 1 aliphatic heterocycles. The van der Waals surface area contributed by atoms with Gasteiger partial charge in [0.25, 0.3) is 11.3 Å². The monoisotopic (exact) mass is 257 g/mol. The lowest BCUT2D eigenvalue weighted by Crippen LogP contribution is -2.37. The zero-order valence-corrected chi connectivity index (χ0v) is 9.68. The summed E-state index contributed by atoms with van der Waals surface area (Å²) in [6.07, 6.45) is 0.689. The largest absolute Gasteiger partial charge is 0.293 e. The van der Waals surface area contributed by atoms with Gasteiger partial charge in [0.1, 0.15) is 0 Å². The molecule has 2 rings (SSSR count). The minimum Gasteiger partial charge on any atom is -0.293 e. The van der Waals surface area contributed by atoms with E-state index in [-0.39, 0.29) is 0 Å². The Morgan fingerprint density at radius 3 is 3.00 bits per heavy atom. The second kappa shape index (κ2) is 4.39. The van der Waals surface area contributed by atoms with Crippen molar-refractivity contribution in [1.29, 1.82) is 5.26 Å². The van der Waals surface area contributed by atoms with Crippen LogP contribution in [-0.2, 0) is 17.7 Å². The van der Waals surface area contributed by atoms with Gasteiger partial charge in [0.05, 0.1) is 22.3 Å². The molecule has 1 unspecified atom stereocenters. The van der Waals surface area contributed by atoms with Crippen molar-refractivity contribution in [3.8, 4) is 6.07 Å². The van der Waals surface area contributed by atoms with Crippen molar-refractivity contribution in [2.75, 3.05) is 11.6 Å². The van der Waals surface area contributed by atoms with Crippen LogP contribution in [0.5, 0.6) is 0 Å². The molecule has 0 amide bonds. The van der Waals surface area contributed by atoms with Crippen LogP contribution in [0.25, 0.3) is 0 Å². The van der Waals surface area contributed by atoms with E-state index < -0.39 is 11.3 Å². The van der Waals surface area contributed by atoms with Crippen LogP contribution in [0.4, 0.5) is 5.69 Å². The summed E-state index contributed by atoms with van der Waals surface area (Å²) in [7, 11) is 0. The molecule has 16 heavy (non-hydrogen) atoms. The highest BCUT2D eigenvalue weighted by Crippen LogP contribution is 2.35. The Labute approximate surface area is 100 Å². The van der Waals surface area contributed by atoms with Crippen LogP contribution in [0.1, 0.15) is 11.1 Å². The van der Waals surface area contributed by atoms with Gasteiger partial charge in [-0.25, -0.2) is 4.21 Å². The van der Waals surface area contributed by atoms with Crippen molar-refractivity contribution in [1.82, 2.24) is 4.83 Å².